The summed E-state index contributed by atoms with van der Waals surface area (Å²) in [6.07, 6.45) is -1.04. The zero-order valence-electron chi connectivity index (χ0n) is 15.1. The summed E-state index contributed by atoms with van der Waals surface area (Å²) >= 11 is 0. The molecule has 0 unspecified atom stereocenters. The second kappa shape index (κ2) is 11.5. The Balaban J connectivity index is 0.00000392. The maximum absolute atomic E-state index is 12.4. The minimum Gasteiger partial charge on any atom is -0.391 e. The van der Waals surface area contributed by atoms with Crippen molar-refractivity contribution >= 4 is 11.8 Å². The lowest BCUT2D eigenvalue weighted by molar-refractivity contribution is -0.125. The van der Waals surface area contributed by atoms with Crippen LogP contribution in [0, 0.1) is 11.8 Å². The van der Waals surface area contributed by atoms with E-state index in [2.05, 4.69) is 22.5 Å². The molecule has 0 aliphatic rings. The minimum absolute atomic E-state index is 0. The Labute approximate surface area is 166 Å². The van der Waals surface area contributed by atoms with Crippen molar-refractivity contribution in [2.75, 3.05) is 13.1 Å². The molecular formula is C22H27N3O3. The number of hydrogen-bond acceptors (Lipinski definition) is 4. The number of nitrogens with one attached hydrogen (secondary N) is 2. The van der Waals surface area contributed by atoms with E-state index in [-0.39, 0.29) is 20.5 Å². The monoisotopic (exact) mass is 381 g/mol. The van der Waals surface area contributed by atoms with Crippen LogP contribution < -0.4 is 16.4 Å². The first-order valence-corrected chi connectivity index (χ1v) is 8.65. The predicted octanol–water partition coefficient (Wildman–Crippen LogP) is 1.28. The van der Waals surface area contributed by atoms with Gasteiger partial charge in [0.2, 0.25) is 5.91 Å². The normalized spacial score (nSPS) is 11.8. The van der Waals surface area contributed by atoms with Gasteiger partial charge in [-0.05, 0) is 43.3 Å². The molecule has 2 aromatic rings. The smallest absolute Gasteiger partial charge is 0.252 e. The molecule has 2 amide bonds. The van der Waals surface area contributed by atoms with Crippen LogP contribution in [0.15, 0.2) is 54.6 Å². The molecule has 0 saturated carbocycles. The van der Waals surface area contributed by atoms with Crippen molar-refractivity contribution < 1.29 is 14.7 Å². The molecule has 0 heterocycles. The van der Waals surface area contributed by atoms with Gasteiger partial charge in [-0.1, -0.05) is 37.5 Å². The molecule has 6 nitrogen and oxygen atoms in total. The van der Waals surface area contributed by atoms with E-state index in [0.717, 1.165) is 11.1 Å². The molecule has 0 aliphatic heterocycles. The molecule has 0 aromatic heterocycles. The molecular weight excluding hydrogens is 354 g/mol. The second-order valence-corrected chi connectivity index (χ2v) is 5.96. The highest BCUT2D eigenvalue weighted by Gasteiger charge is 2.25. The third kappa shape index (κ3) is 6.88. The van der Waals surface area contributed by atoms with Crippen LogP contribution in [0.5, 0.6) is 0 Å². The summed E-state index contributed by atoms with van der Waals surface area (Å²) < 4.78 is 0. The summed E-state index contributed by atoms with van der Waals surface area (Å²) in [6.45, 7) is 1.99. The van der Waals surface area contributed by atoms with Gasteiger partial charge in [0.15, 0.2) is 0 Å². The molecule has 0 fully saturated rings. The van der Waals surface area contributed by atoms with Crippen LogP contribution in [-0.4, -0.2) is 42.2 Å². The molecule has 2 atom stereocenters. The van der Waals surface area contributed by atoms with Crippen LogP contribution in [0.3, 0.4) is 0 Å². The quantitative estimate of drug-likeness (QED) is 0.566. The van der Waals surface area contributed by atoms with Crippen LogP contribution in [0.2, 0.25) is 0 Å². The number of aliphatic hydroxyl groups is 1. The summed E-state index contributed by atoms with van der Waals surface area (Å²) in [5, 5.41) is 14.9. The fourth-order valence-electron chi connectivity index (χ4n) is 2.31. The number of carbonyl (C=O) groups excluding carboxylic acids is 2. The van der Waals surface area contributed by atoms with E-state index in [1.165, 1.54) is 6.92 Å². The van der Waals surface area contributed by atoms with Gasteiger partial charge >= 0.3 is 0 Å². The fourth-order valence-corrected chi connectivity index (χ4v) is 2.31. The van der Waals surface area contributed by atoms with Gasteiger partial charge in [-0.25, -0.2) is 0 Å². The van der Waals surface area contributed by atoms with Crippen molar-refractivity contribution in [3.63, 3.8) is 0 Å². The van der Waals surface area contributed by atoms with Crippen molar-refractivity contribution in [1.29, 1.82) is 0 Å². The molecule has 0 bridgehead atoms. The largest absolute Gasteiger partial charge is 0.391 e. The van der Waals surface area contributed by atoms with Gasteiger partial charge in [-0.3, -0.25) is 9.59 Å². The van der Waals surface area contributed by atoms with E-state index < -0.39 is 24.0 Å². The Kier molecular flexibility index (Phi) is 9.44. The number of rotatable bonds is 6. The highest BCUT2D eigenvalue weighted by Crippen LogP contribution is 2.06. The van der Waals surface area contributed by atoms with E-state index >= 15 is 0 Å². The molecule has 0 radical (unpaired) electrons. The number of benzene rings is 2. The first-order chi connectivity index (χ1) is 13.0. The summed E-state index contributed by atoms with van der Waals surface area (Å²) in [5.41, 5.74) is 7.39. The van der Waals surface area contributed by atoms with Crippen molar-refractivity contribution in [3.8, 4) is 11.8 Å². The first kappa shape index (κ1) is 22.9. The first-order valence-electron chi connectivity index (χ1n) is 8.65. The van der Waals surface area contributed by atoms with E-state index in [0.29, 0.717) is 5.56 Å². The van der Waals surface area contributed by atoms with E-state index in [9.17, 15) is 14.7 Å². The second-order valence-electron chi connectivity index (χ2n) is 5.96. The number of carbonyl (C=O) groups is 2. The van der Waals surface area contributed by atoms with E-state index in [1.54, 1.807) is 24.3 Å². The lowest BCUT2D eigenvalue weighted by Gasteiger charge is -2.20. The highest BCUT2D eigenvalue weighted by molar-refractivity contribution is 5.97. The van der Waals surface area contributed by atoms with Crippen molar-refractivity contribution in [1.82, 2.24) is 10.6 Å². The average molecular weight is 381 g/mol. The SMILES string of the molecule is C.C[C@@H](O)[C@H](NC(=O)c1ccc(C#Cc2ccccc2)cc1)C(=O)NCCN. The van der Waals surface area contributed by atoms with Crippen molar-refractivity contribution in [2.24, 2.45) is 5.73 Å². The molecule has 2 aromatic carbocycles. The Hall–Kier alpha value is -3.14. The molecule has 0 saturated heterocycles. The molecule has 0 aliphatic carbocycles. The number of aliphatic hydroxyl groups excluding tert-OH is 1. The lowest BCUT2D eigenvalue weighted by atomic mass is 10.1. The summed E-state index contributed by atoms with van der Waals surface area (Å²) in [4.78, 5) is 24.4. The van der Waals surface area contributed by atoms with Gasteiger partial charge in [0.1, 0.15) is 6.04 Å². The summed E-state index contributed by atoms with van der Waals surface area (Å²) in [7, 11) is 0. The highest BCUT2D eigenvalue weighted by atomic mass is 16.3. The van der Waals surface area contributed by atoms with Crippen molar-refractivity contribution in [2.45, 2.75) is 26.5 Å². The van der Waals surface area contributed by atoms with Crippen LogP contribution in [0.4, 0.5) is 0 Å². The Morgan fingerprint density at radius 3 is 2.14 bits per heavy atom. The topological polar surface area (TPSA) is 104 Å². The van der Waals surface area contributed by atoms with Crippen LogP contribution in [0.25, 0.3) is 0 Å². The van der Waals surface area contributed by atoms with E-state index in [1.807, 2.05) is 30.3 Å². The Morgan fingerprint density at radius 1 is 1.04 bits per heavy atom. The number of nitrogens with two attached hydrogens (primary N) is 1. The zero-order chi connectivity index (χ0) is 19.6. The number of hydrogen-bond donors (Lipinski definition) is 4. The van der Waals surface area contributed by atoms with Gasteiger partial charge in [-0.2, -0.15) is 0 Å². The predicted molar refractivity (Wildman–Crippen MR) is 111 cm³/mol. The van der Waals surface area contributed by atoms with E-state index in [4.69, 9.17) is 5.73 Å². The molecule has 28 heavy (non-hydrogen) atoms. The Bertz CT molecular complexity index is 822. The molecule has 2 rings (SSSR count). The fraction of sp³-hybridized carbons (Fsp3) is 0.273. The van der Waals surface area contributed by atoms with Gasteiger partial charge in [0, 0.05) is 29.8 Å². The third-order valence-electron chi connectivity index (χ3n) is 3.77. The summed E-state index contributed by atoms with van der Waals surface area (Å²) in [5.74, 6) is 5.14. The average Bonchev–Trinajstić information content (AvgIpc) is 2.69. The van der Waals surface area contributed by atoms with Gasteiger partial charge in [-0.15, -0.1) is 0 Å². The standard InChI is InChI=1S/C21H23N3O3.CH4/c1-15(25)19(21(27)23-14-13-22)24-20(26)18-11-9-17(10-12-18)8-7-16-5-3-2-4-6-16;/h2-6,9-12,15,19,25H,13-14,22H2,1H3,(H,23,27)(H,24,26);1H4/t15-,19+;/m1./s1. The minimum atomic E-state index is -1.05. The zero-order valence-corrected chi connectivity index (χ0v) is 15.1. The van der Waals surface area contributed by atoms with Gasteiger partial charge in [0.05, 0.1) is 6.10 Å². The van der Waals surface area contributed by atoms with Crippen LogP contribution >= 0.6 is 0 Å². The van der Waals surface area contributed by atoms with Gasteiger partial charge in [0.25, 0.3) is 5.91 Å². The van der Waals surface area contributed by atoms with Gasteiger partial charge < -0.3 is 21.5 Å². The van der Waals surface area contributed by atoms with Crippen LogP contribution in [-0.2, 0) is 4.79 Å². The number of amides is 2. The maximum atomic E-state index is 12.4. The molecule has 5 N–H and O–H groups in total. The molecule has 148 valence electrons. The van der Waals surface area contributed by atoms with Crippen molar-refractivity contribution in [3.05, 3.63) is 71.3 Å². The third-order valence-corrected chi connectivity index (χ3v) is 3.77. The maximum Gasteiger partial charge on any atom is 0.252 e. The summed E-state index contributed by atoms with van der Waals surface area (Å²) in [6, 6.07) is 15.3. The van der Waals surface area contributed by atoms with Crippen LogP contribution in [0.1, 0.15) is 35.8 Å². The molecule has 6 heteroatoms. The Morgan fingerprint density at radius 2 is 1.61 bits per heavy atom. The molecule has 0 spiro atoms. The lowest BCUT2D eigenvalue weighted by Crippen LogP contribution is -2.53.